The lowest BCUT2D eigenvalue weighted by Crippen LogP contribution is -2.36. The summed E-state index contributed by atoms with van der Waals surface area (Å²) in [7, 11) is -3.75. The number of carbonyl (C=O) groups is 1. The minimum absolute atomic E-state index is 0.0782. The van der Waals surface area contributed by atoms with Gasteiger partial charge in [0.05, 0.1) is 0 Å². The standard InChI is InChI=1S/C13H20N2O5S/c1-3-15(10-4-5-10)7-6-14-21(18,19)12-8-11(13(16)17)20-9(12)2/h8,10,14H,3-7H2,1-2H3,(H,16,17). The Labute approximate surface area is 124 Å². The summed E-state index contributed by atoms with van der Waals surface area (Å²) in [5.41, 5.74) is 0. The van der Waals surface area contributed by atoms with E-state index in [2.05, 4.69) is 9.62 Å². The average molecular weight is 316 g/mol. The van der Waals surface area contributed by atoms with Gasteiger partial charge in [0.25, 0.3) is 0 Å². The first-order valence-electron chi connectivity index (χ1n) is 6.92. The quantitative estimate of drug-likeness (QED) is 0.743. The van der Waals surface area contributed by atoms with E-state index in [-0.39, 0.29) is 16.4 Å². The molecule has 118 valence electrons. The van der Waals surface area contributed by atoms with Crippen molar-refractivity contribution in [2.24, 2.45) is 0 Å². The number of carboxylic acid groups (broad SMARTS) is 1. The molecule has 0 aliphatic heterocycles. The van der Waals surface area contributed by atoms with Crippen LogP contribution in [0.25, 0.3) is 0 Å². The minimum atomic E-state index is -3.75. The van der Waals surface area contributed by atoms with Crippen LogP contribution in [0.15, 0.2) is 15.4 Å². The van der Waals surface area contributed by atoms with Crippen LogP contribution in [-0.4, -0.2) is 50.1 Å². The third kappa shape index (κ3) is 3.84. The maximum atomic E-state index is 12.2. The molecule has 0 amide bonds. The third-order valence-electron chi connectivity index (χ3n) is 3.53. The molecule has 1 aliphatic carbocycles. The molecule has 0 radical (unpaired) electrons. The second-order valence-corrected chi connectivity index (χ2v) is 6.83. The summed E-state index contributed by atoms with van der Waals surface area (Å²) in [6.45, 7) is 5.30. The fraction of sp³-hybridized carbons (Fsp3) is 0.615. The monoisotopic (exact) mass is 316 g/mol. The Kier molecular flexibility index (Phi) is 4.70. The molecule has 0 aromatic carbocycles. The summed E-state index contributed by atoms with van der Waals surface area (Å²) in [6, 6.07) is 1.62. The van der Waals surface area contributed by atoms with Crippen LogP contribution in [0.3, 0.4) is 0 Å². The predicted octanol–water partition coefficient (Wildman–Crippen LogP) is 1.05. The van der Waals surface area contributed by atoms with Gasteiger partial charge in [0, 0.05) is 25.2 Å². The van der Waals surface area contributed by atoms with E-state index in [1.54, 1.807) is 0 Å². The third-order valence-corrected chi connectivity index (χ3v) is 5.10. The van der Waals surface area contributed by atoms with Crippen molar-refractivity contribution in [3.05, 3.63) is 17.6 Å². The van der Waals surface area contributed by atoms with Crippen LogP contribution < -0.4 is 4.72 Å². The van der Waals surface area contributed by atoms with Gasteiger partial charge in [-0.05, 0) is 26.3 Å². The number of sulfonamides is 1. The Balaban J connectivity index is 1.99. The van der Waals surface area contributed by atoms with Crippen LogP contribution in [0, 0.1) is 6.92 Å². The lowest BCUT2D eigenvalue weighted by molar-refractivity contribution is 0.0661. The first-order valence-corrected chi connectivity index (χ1v) is 8.41. The van der Waals surface area contributed by atoms with E-state index < -0.39 is 16.0 Å². The normalized spacial score (nSPS) is 15.6. The molecule has 1 aliphatic rings. The highest BCUT2D eigenvalue weighted by Gasteiger charge is 2.28. The van der Waals surface area contributed by atoms with Gasteiger partial charge in [-0.2, -0.15) is 0 Å². The molecule has 0 bridgehead atoms. The summed E-state index contributed by atoms with van der Waals surface area (Å²) in [4.78, 5) is 12.9. The fourth-order valence-corrected chi connectivity index (χ4v) is 3.48. The Bertz CT molecular complexity index is 619. The smallest absolute Gasteiger partial charge is 0.371 e. The van der Waals surface area contributed by atoms with Gasteiger partial charge in [0.2, 0.25) is 15.8 Å². The first-order chi connectivity index (χ1) is 9.85. The lowest BCUT2D eigenvalue weighted by Gasteiger charge is -2.19. The van der Waals surface area contributed by atoms with Gasteiger partial charge in [-0.3, -0.25) is 4.90 Å². The molecule has 7 nitrogen and oxygen atoms in total. The van der Waals surface area contributed by atoms with Gasteiger partial charge in [-0.15, -0.1) is 0 Å². The van der Waals surface area contributed by atoms with E-state index in [1.807, 2.05) is 6.92 Å². The number of aromatic carboxylic acids is 1. The largest absolute Gasteiger partial charge is 0.475 e. The molecule has 0 spiro atoms. The van der Waals surface area contributed by atoms with Gasteiger partial charge >= 0.3 is 5.97 Å². The predicted molar refractivity (Wildman–Crippen MR) is 75.9 cm³/mol. The highest BCUT2D eigenvalue weighted by Crippen LogP contribution is 2.26. The van der Waals surface area contributed by atoms with Crippen molar-refractivity contribution < 1.29 is 22.7 Å². The van der Waals surface area contributed by atoms with Gasteiger partial charge in [0.1, 0.15) is 10.7 Å². The number of hydrogen-bond donors (Lipinski definition) is 2. The van der Waals surface area contributed by atoms with Gasteiger partial charge in [-0.25, -0.2) is 17.9 Å². The average Bonchev–Trinajstić information content (AvgIpc) is 3.16. The number of likely N-dealkylation sites (N-methyl/N-ethyl adjacent to an activating group) is 1. The molecular weight excluding hydrogens is 296 g/mol. The van der Waals surface area contributed by atoms with E-state index in [0.29, 0.717) is 19.1 Å². The Hall–Kier alpha value is -1.38. The van der Waals surface area contributed by atoms with E-state index >= 15 is 0 Å². The van der Waals surface area contributed by atoms with Crippen LogP contribution in [0.5, 0.6) is 0 Å². The van der Waals surface area contributed by atoms with Crippen LogP contribution >= 0.6 is 0 Å². The SMILES string of the molecule is CCN(CCNS(=O)(=O)c1cc(C(=O)O)oc1C)C1CC1. The molecule has 2 rings (SSSR count). The summed E-state index contributed by atoms with van der Waals surface area (Å²) in [6.07, 6.45) is 2.34. The van der Waals surface area contributed by atoms with Crippen LogP contribution in [0.4, 0.5) is 0 Å². The molecule has 1 aromatic heterocycles. The zero-order valence-corrected chi connectivity index (χ0v) is 12.9. The highest BCUT2D eigenvalue weighted by molar-refractivity contribution is 7.89. The molecule has 21 heavy (non-hydrogen) atoms. The second-order valence-electron chi connectivity index (χ2n) is 5.09. The number of rotatable bonds is 8. The summed E-state index contributed by atoms with van der Waals surface area (Å²) in [5.74, 6) is -1.58. The van der Waals surface area contributed by atoms with Crippen molar-refractivity contribution in [2.75, 3.05) is 19.6 Å². The van der Waals surface area contributed by atoms with Crippen molar-refractivity contribution in [2.45, 2.75) is 37.6 Å². The summed E-state index contributed by atoms with van der Waals surface area (Å²) in [5, 5.41) is 8.82. The number of hydrogen-bond acceptors (Lipinski definition) is 5. The molecule has 0 saturated heterocycles. The van der Waals surface area contributed by atoms with Gasteiger partial charge in [0.15, 0.2) is 0 Å². The van der Waals surface area contributed by atoms with Crippen molar-refractivity contribution in [1.29, 1.82) is 0 Å². The minimum Gasteiger partial charge on any atom is -0.475 e. The van der Waals surface area contributed by atoms with E-state index in [9.17, 15) is 13.2 Å². The maximum absolute atomic E-state index is 12.2. The van der Waals surface area contributed by atoms with Crippen LogP contribution in [0.2, 0.25) is 0 Å². The Morgan fingerprint density at radius 3 is 2.67 bits per heavy atom. The van der Waals surface area contributed by atoms with E-state index in [1.165, 1.54) is 19.8 Å². The Morgan fingerprint density at radius 2 is 2.19 bits per heavy atom. The zero-order valence-electron chi connectivity index (χ0n) is 12.1. The number of furan rings is 1. The molecular formula is C13H20N2O5S. The lowest BCUT2D eigenvalue weighted by atomic mass is 10.4. The summed E-state index contributed by atoms with van der Waals surface area (Å²) < 4.78 is 31.7. The first kappa shape index (κ1) is 16.0. The fourth-order valence-electron chi connectivity index (χ4n) is 2.28. The maximum Gasteiger partial charge on any atom is 0.371 e. The van der Waals surface area contributed by atoms with Crippen LogP contribution in [0.1, 0.15) is 36.1 Å². The molecule has 1 saturated carbocycles. The van der Waals surface area contributed by atoms with Gasteiger partial charge in [-0.1, -0.05) is 6.92 Å². The molecule has 1 heterocycles. The molecule has 0 unspecified atom stereocenters. The van der Waals surface area contributed by atoms with Crippen LogP contribution in [-0.2, 0) is 10.0 Å². The van der Waals surface area contributed by atoms with Crippen molar-refractivity contribution in [1.82, 2.24) is 9.62 Å². The Morgan fingerprint density at radius 1 is 1.52 bits per heavy atom. The van der Waals surface area contributed by atoms with Crippen molar-refractivity contribution >= 4 is 16.0 Å². The van der Waals surface area contributed by atoms with Crippen molar-refractivity contribution in [3.63, 3.8) is 0 Å². The zero-order chi connectivity index (χ0) is 15.6. The number of nitrogens with zero attached hydrogens (tertiary/aromatic N) is 1. The highest BCUT2D eigenvalue weighted by atomic mass is 32.2. The van der Waals surface area contributed by atoms with Crippen molar-refractivity contribution in [3.8, 4) is 0 Å². The molecule has 2 N–H and O–H groups in total. The molecule has 8 heteroatoms. The topological polar surface area (TPSA) is 99.9 Å². The van der Waals surface area contributed by atoms with E-state index in [4.69, 9.17) is 9.52 Å². The number of carboxylic acids is 1. The number of nitrogens with one attached hydrogen (secondary N) is 1. The summed E-state index contributed by atoms with van der Waals surface area (Å²) >= 11 is 0. The molecule has 1 fully saturated rings. The van der Waals surface area contributed by atoms with Gasteiger partial charge < -0.3 is 9.52 Å². The molecule has 0 atom stereocenters. The number of aryl methyl sites for hydroxylation is 1. The van der Waals surface area contributed by atoms with E-state index in [0.717, 1.165) is 12.6 Å². The molecule has 1 aromatic rings. The second kappa shape index (κ2) is 6.17.